The first-order chi connectivity index (χ1) is 8.35. The van der Waals surface area contributed by atoms with Crippen molar-refractivity contribution in [3.63, 3.8) is 0 Å². The highest BCUT2D eigenvalue weighted by Crippen LogP contribution is 2.21. The third-order valence-electron chi connectivity index (χ3n) is 2.87. The fourth-order valence-electron chi connectivity index (χ4n) is 1.56. The lowest BCUT2D eigenvalue weighted by Crippen LogP contribution is -2.34. The molecule has 0 saturated carbocycles. The quantitative estimate of drug-likeness (QED) is 0.762. The fourth-order valence-corrected chi connectivity index (χ4v) is 3.31. The minimum atomic E-state index is -0.0236. The highest BCUT2D eigenvalue weighted by Gasteiger charge is 2.19. The van der Waals surface area contributed by atoms with Crippen LogP contribution in [0, 0.1) is 12.3 Å². The van der Waals surface area contributed by atoms with Crippen molar-refractivity contribution in [2.75, 3.05) is 11.9 Å². The molecule has 0 spiro atoms. The molecular weight excluding hydrogens is 358 g/mol. The van der Waals surface area contributed by atoms with Crippen molar-refractivity contribution < 1.29 is 4.79 Å². The lowest BCUT2D eigenvalue weighted by Gasteiger charge is -2.24. The van der Waals surface area contributed by atoms with Gasteiger partial charge in [0.25, 0.3) is 5.91 Å². The van der Waals surface area contributed by atoms with E-state index in [1.54, 1.807) is 0 Å². The number of rotatable bonds is 5. The number of carbonyl (C=O) groups is 1. The number of hydrogen-bond donors (Lipinski definition) is 1. The summed E-state index contributed by atoms with van der Waals surface area (Å²) in [6, 6.07) is 5.76. The zero-order valence-corrected chi connectivity index (χ0v) is 14.2. The van der Waals surface area contributed by atoms with Gasteiger partial charge in [-0.1, -0.05) is 35.8 Å². The van der Waals surface area contributed by atoms with E-state index in [0.717, 1.165) is 21.8 Å². The van der Waals surface area contributed by atoms with Gasteiger partial charge >= 0.3 is 0 Å². The number of amides is 1. The highest BCUT2D eigenvalue weighted by molar-refractivity contribution is 9.10. The second kappa shape index (κ2) is 6.71. The lowest BCUT2D eigenvalue weighted by atomic mass is 9.90. The first kappa shape index (κ1) is 15.7. The summed E-state index contributed by atoms with van der Waals surface area (Å²) >= 11 is 6.87. The summed E-state index contributed by atoms with van der Waals surface area (Å²) in [5, 5.41) is 3.94. The van der Waals surface area contributed by atoms with Crippen molar-refractivity contribution in [1.29, 1.82) is 0 Å². The fraction of sp³-hybridized carbons (Fsp3) is 0.500. The number of benzene rings is 1. The van der Waals surface area contributed by atoms with Crippen LogP contribution in [0.1, 0.15) is 36.2 Å². The van der Waals surface area contributed by atoms with Crippen molar-refractivity contribution in [1.82, 2.24) is 5.32 Å². The van der Waals surface area contributed by atoms with Crippen molar-refractivity contribution >= 4 is 37.8 Å². The predicted octanol–water partition coefficient (Wildman–Crippen LogP) is 4.30. The van der Waals surface area contributed by atoms with E-state index in [1.165, 1.54) is 0 Å². The molecule has 0 atom stereocenters. The van der Waals surface area contributed by atoms with Crippen molar-refractivity contribution in [2.45, 2.75) is 27.2 Å². The van der Waals surface area contributed by atoms with Gasteiger partial charge in [0.15, 0.2) is 0 Å². The molecule has 0 fully saturated rings. The molecule has 0 bridgehead atoms. The molecule has 0 aromatic heterocycles. The average molecular weight is 377 g/mol. The molecule has 1 amide bonds. The second-order valence-corrected chi connectivity index (χ2v) is 6.92. The third-order valence-corrected chi connectivity index (χ3v) is 3.92. The number of nitrogens with one attached hydrogen (secondary N) is 1. The predicted molar refractivity (Wildman–Crippen MR) is 83.4 cm³/mol. The van der Waals surface area contributed by atoms with Gasteiger partial charge in [-0.15, -0.1) is 0 Å². The van der Waals surface area contributed by atoms with Crippen LogP contribution in [0.5, 0.6) is 0 Å². The van der Waals surface area contributed by atoms with E-state index >= 15 is 0 Å². The van der Waals surface area contributed by atoms with Crippen LogP contribution in [0.4, 0.5) is 0 Å². The Hall–Kier alpha value is -0.350. The van der Waals surface area contributed by atoms with Gasteiger partial charge in [0.05, 0.1) is 5.56 Å². The van der Waals surface area contributed by atoms with Crippen LogP contribution in [0.25, 0.3) is 0 Å². The molecule has 1 aromatic rings. The van der Waals surface area contributed by atoms with E-state index in [2.05, 4.69) is 51.0 Å². The van der Waals surface area contributed by atoms with E-state index in [9.17, 15) is 4.79 Å². The van der Waals surface area contributed by atoms with Gasteiger partial charge in [-0.2, -0.15) is 0 Å². The van der Waals surface area contributed by atoms with Gasteiger partial charge in [0, 0.05) is 16.3 Å². The van der Waals surface area contributed by atoms with E-state index in [4.69, 9.17) is 0 Å². The molecule has 0 saturated heterocycles. The molecule has 4 heteroatoms. The molecule has 0 heterocycles. The molecule has 18 heavy (non-hydrogen) atoms. The molecule has 1 rings (SSSR count). The summed E-state index contributed by atoms with van der Waals surface area (Å²) in [5.74, 6) is -0.0236. The topological polar surface area (TPSA) is 29.1 Å². The summed E-state index contributed by atoms with van der Waals surface area (Å²) in [7, 11) is 0. The Labute approximate surface area is 126 Å². The Morgan fingerprint density at radius 2 is 2.06 bits per heavy atom. The van der Waals surface area contributed by atoms with Gasteiger partial charge in [0.2, 0.25) is 0 Å². The molecule has 0 aliphatic heterocycles. The van der Waals surface area contributed by atoms with Crippen LogP contribution in [-0.4, -0.2) is 17.8 Å². The molecule has 1 N–H and O–H groups in total. The van der Waals surface area contributed by atoms with Gasteiger partial charge < -0.3 is 5.32 Å². The minimum Gasteiger partial charge on any atom is -0.351 e. The smallest absolute Gasteiger partial charge is 0.252 e. The molecule has 100 valence electrons. The van der Waals surface area contributed by atoms with Crippen LogP contribution in [0.2, 0.25) is 0 Å². The summed E-state index contributed by atoms with van der Waals surface area (Å²) in [6.45, 7) is 6.99. The summed E-state index contributed by atoms with van der Waals surface area (Å²) in [4.78, 5) is 12.1. The van der Waals surface area contributed by atoms with Crippen LogP contribution >= 0.6 is 31.9 Å². The number of alkyl halides is 1. The first-order valence-corrected chi connectivity index (χ1v) is 7.87. The first-order valence-electron chi connectivity index (χ1n) is 5.96. The number of carbonyl (C=O) groups excluding carboxylic acids is 1. The van der Waals surface area contributed by atoms with Crippen molar-refractivity contribution in [3.8, 4) is 0 Å². The Morgan fingerprint density at radius 3 is 2.61 bits per heavy atom. The van der Waals surface area contributed by atoms with E-state index < -0.39 is 0 Å². The summed E-state index contributed by atoms with van der Waals surface area (Å²) in [5.41, 5.74) is 1.93. The maximum absolute atomic E-state index is 12.1. The Morgan fingerprint density at radius 1 is 1.39 bits per heavy atom. The molecule has 0 unspecified atom stereocenters. The van der Waals surface area contributed by atoms with Crippen molar-refractivity contribution in [3.05, 3.63) is 33.8 Å². The average Bonchev–Trinajstić information content (AvgIpc) is 2.26. The number of halogens is 2. The lowest BCUT2D eigenvalue weighted by molar-refractivity contribution is 0.0935. The Kier molecular flexibility index (Phi) is 5.86. The largest absolute Gasteiger partial charge is 0.351 e. The van der Waals surface area contributed by atoms with Gasteiger partial charge in [-0.25, -0.2) is 0 Å². The van der Waals surface area contributed by atoms with Crippen LogP contribution in [0.15, 0.2) is 22.7 Å². The summed E-state index contributed by atoms with van der Waals surface area (Å²) < 4.78 is 0.846. The molecule has 0 aliphatic rings. The number of aryl methyl sites for hydroxylation is 1. The van der Waals surface area contributed by atoms with Gasteiger partial charge in [-0.3, -0.25) is 4.79 Å². The van der Waals surface area contributed by atoms with Crippen LogP contribution in [0.3, 0.4) is 0 Å². The maximum Gasteiger partial charge on any atom is 0.252 e. The normalized spacial score (nSPS) is 11.4. The SMILES string of the molecule is Cc1ccc(C(=O)NCC(C)(C)CCBr)c(Br)c1. The Bertz CT molecular complexity index is 430. The molecule has 0 aliphatic carbocycles. The third kappa shape index (κ3) is 4.73. The summed E-state index contributed by atoms with van der Waals surface area (Å²) in [6.07, 6.45) is 1.03. The van der Waals surface area contributed by atoms with Crippen LogP contribution in [-0.2, 0) is 0 Å². The molecule has 2 nitrogen and oxygen atoms in total. The highest BCUT2D eigenvalue weighted by atomic mass is 79.9. The van der Waals surface area contributed by atoms with Crippen molar-refractivity contribution in [2.24, 2.45) is 5.41 Å². The number of hydrogen-bond acceptors (Lipinski definition) is 1. The zero-order valence-electron chi connectivity index (χ0n) is 11.0. The van der Waals surface area contributed by atoms with E-state index in [-0.39, 0.29) is 11.3 Å². The standard InChI is InChI=1S/C14H19Br2NO/c1-10-4-5-11(12(16)8-10)13(18)17-9-14(2,3)6-7-15/h4-5,8H,6-7,9H2,1-3H3,(H,17,18). The zero-order chi connectivity index (χ0) is 13.8. The van der Waals surface area contributed by atoms with Crippen LogP contribution < -0.4 is 5.32 Å². The monoisotopic (exact) mass is 375 g/mol. The molecule has 1 aromatic carbocycles. The minimum absolute atomic E-state index is 0.0236. The Balaban J connectivity index is 2.66. The molecular formula is C14H19Br2NO. The van der Waals surface area contributed by atoms with E-state index in [0.29, 0.717) is 12.1 Å². The van der Waals surface area contributed by atoms with Gasteiger partial charge in [-0.05, 0) is 52.4 Å². The molecule has 0 radical (unpaired) electrons. The maximum atomic E-state index is 12.1. The van der Waals surface area contributed by atoms with Gasteiger partial charge in [0.1, 0.15) is 0 Å². The second-order valence-electron chi connectivity index (χ2n) is 5.27. The van der Waals surface area contributed by atoms with E-state index in [1.807, 2.05) is 25.1 Å².